The van der Waals surface area contributed by atoms with Crippen LogP contribution in [0.2, 0.25) is 0 Å². The molecule has 0 aliphatic heterocycles. The minimum Gasteiger partial charge on any atom is -0.494 e. The fourth-order valence-corrected chi connectivity index (χ4v) is 6.44. The number of likely N-dealkylation sites (N-methyl/N-ethyl adjacent to an activating group) is 2. The number of quaternary nitrogens is 1. The van der Waals surface area contributed by atoms with Crippen LogP contribution >= 0.6 is 11.3 Å². The number of hydrogen-bond acceptors (Lipinski definition) is 13. The third-order valence-corrected chi connectivity index (χ3v) is 10.1. The molecule has 0 aliphatic carbocycles. The molecule has 0 aliphatic rings. The molecule has 272 valence electrons. The van der Waals surface area contributed by atoms with Gasteiger partial charge in [0, 0.05) is 31.3 Å². The first kappa shape index (κ1) is 42.0. The normalized spacial score (nSPS) is 11.9. The van der Waals surface area contributed by atoms with Gasteiger partial charge in [-0.15, -0.1) is 21.6 Å². The van der Waals surface area contributed by atoms with Crippen molar-refractivity contribution < 1.29 is 41.1 Å². The van der Waals surface area contributed by atoms with Gasteiger partial charge < -0.3 is 33.1 Å². The minimum absolute atomic E-state index is 0.216. The number of hydrogen-bond donors (Lipinski definition) is 1. The predicted octanol–water partition coefficient (Wildman–Crippen LogP) is 5.25. The number of azo groups is 1. The number of nitrogens with zero attached hydrogens (tertiary/aromatic N) is 6. The molecule has 0 fully saturated rings. The van der Waals surface area contributed by atoms with Gasteiger partial charge in [0.1, 0.15) is 35.0 Å². The summed E-state index contributed by atoms with van der Waals surface area (Å²) in [6.45, 7) is 16.4. The van der Waals surface area contributed by atoms with E-state index in [4.69, 9.17) is 28.2 Å². The maximum absolute atomic E-state index is 11.0. The maximum Gasteiger partial charge on any atom is 0.265 e. The molecule has 0 amide bonds. The zero-order valence-corrected chi connectivity index (χ0v) is 31.0. The highest BCUT2D eigenvalue weighted by atomic mass is 32.2. The van der Waals surface area contributed by atoms with Gasteiger partial charge >= 0.3 is 0 Å². The minimum atomic E-state index is -3.93. The highest BCUT2D eigenvalue weighted by Gasteiger charge is 2.23. The van der Waals surface area contributed by atoms with Crippen LogP contribution in [-0.2, 0) is 29.1 Å². The van der Waals surface area contributed by atoms with Crippen LogP contribution < -0.4 is 9.64 Å². The molecule has 0 spiro atoms. The van der Waals surface area contributed by atoms with Crippen molar-refractivity contribution in [1.29, 1.82) is 10.5 Å². The molecule has 0 bridgehead atoms. The van der Waals surface area contributed by atoms with E-state index in [9.17, 15) is 18.9 Å². The van der Waals surface area contributed by atoms with Crippen LogP contribution in [0.25, 0.3) is 0 Å². The van der Waals surface area contributed by atoms with Crippen molar-refractivity contribution in [2.45, 2.75) is 34.1 Å². The third kappa shape index (κ3) is 14.7. The summed E-state index contributed by atoms with van der Waals surface area (Å²) in [5.74, 6) is 0.322. The van der Waals surface area contributed by atoms with Crippen molar-refractivity contribution >= 4 is 37.8 Å². The van der Waals surface area contributed by atoms with Gasteiger partial charge in [0.2, 0.25) is 0 Å². The van der Waals surface area contributed by atoms with E-state index in [1.54, 1.807) is 14.0 Å². The Balaban J connectivity index is 1.62. The Bertz CT molecular complexity index is 1500. The van der Waals surface area contributed by atoms with Crippen LogP contribution in [0.5, 0.6) is 5.75 Å². The van der Waals surface area contributed by atoms with Crippen LogP contribution in [0.1, 0.15) is 43.2 Å². The van der Waals surface area contributed by atoms with Crippen molar-refractivity contribution in [3.63, 3.8) is 0 Å². The SMILES string of the molecule is CCN(CCOCCOCCOCCOCC[N+](CC)(CC)CCCS(=O)(=O)O)c1ccc(N=Nc2sc(C#N)c(C)c2C#N)c(OC)c1. The van der Waals surface area contributed by atoms with Crippen molar-refractivity contribution in [1.82, 2.24) is 0 Å². The summed E-state index contributed by atoms with van der Waals surface area (Å²) in [5, 5.41) is 27.6. The Morgan fingerprint density at radius 3 is 2.04 bits per heavy atom. The van der Waals surface area contributed by atoms with Gasteiger partial charge in [0.25, 0.3) is 10.1 Å². The molecule has 49 heavy (non-hydrogen) atoms. The van der Waals surface area contributed by atoms with Gasteiger partial charge in [-0.25, -0.2) is 0 Å². The van der Waals surface area contributed by atoms with Crippen molar-refractivity contribution in [2.75, 3.05) is 110 Å². The van der Waals surface area contributed by atoms with E-state index in [0.29, 0.717) is 105 Å². The summed E-state index contributed by atoms with van der Waals surface area (Å²) in [4.78, 5) is 2.60. The Morgan fingerprint density at radius 1 is 0.898 bits per heavy atom. The second-order valence-corrected chi connectivity index (χ2v) is 13.7. The monoisotopic (exact) mass is 723 g/mol. The summed E-state index contributed by atoms with van der Waals surface area (Å²) in [5.41, 5.74) is 2.42. The first-order valence-corrected chi connectivity index (χ1v) is 18.9. The number of nitriles is 2. The van der Waals surface area contributed by atoms with Crippen LogP contribution in [-0.4, -0.2) is 122 Å². The van der Waals surface area contributed by atoms with Crippen LogP contribution in [0.15, 0.2) is 28.4 Å². The summed E-state index contributed by atoms with van der Waals surface area (Å²) < 4.78 is 60.0. The van der Waals surface area contributed by atoms with Crippen molar-refractivity contribution in [3.8, 4) is 17.9 Å². The molecular formula is C33H51N6O8S2+. The van der Waals surface area contributed by atoms with Gasteiger partial charge in [-0.1, -0.05) is 0 Å². The second kappa shape index (κ2) is 22.5. The maximum atomic E-state index is 11.0. The number of ether oxygens (including phenoxy) is 5. The fraction of sp³-hybridized carbons (Fsp3) is 0.636. The van der Waals surface area contributed by atoms with Crippen molar-refractivity contribution in [2.24, 2.45) is 10.2 Å². The largest absolute Gasteiger partial charge is 0.494 e. The molecule has 1 heterocycles. The summed E-state index contributed by atoms with van der Waals surface area (Å²) >= 11 is 1.14. The number of anilines is 1. The van der Waals surface area contributed by atoms with Gasteiger partial charge in [0.05, 0.1) is 90.9 Å². The molecule has 0 saturated heterocycles. The zero-order chi connectivity index (χ0) is 36.1. The number of benzene rings is 1. The highest BCUT2D eigenvalue weighted by molar-refractivity contribution is 7.85. The lowest BCUT2D eigenvalue weighted by molar-refractivity contribution is -0.925. The lowest BCUT2D eigenvalue weighted by atomic mass is 10.2. The van der Waals surface area contributed by atoms with Gasteiger partial charge in [-0.2, -0.15) is 18.9 Å². The number of methoxy groups -OCH3 is 1. The highest BCUT2D eigenvalue weighted by Crippen LogP contribution is 2.38. The Labute approximate surface area is 295 Å². The molecule has 16 heteroatoms. The number of thiophene rings is 1. The van der Waals surface area contributed by atoms with E-state index < -0.39 is 10.1 Å². The number of rotatable bonds is 26. The topological polar surface area (TPSA) is 176 Å². The second-order valence-electron chi connectivity index (χ2n) is 11.1. The molecule has 2 rings (SSSR count). The molecule has 14 nitrogen and oxygen atoms in total. The average Bonchev–Trinajstić information content (AvgIpc) is 3.41. The molecule has 0 radical (unpaired) electrons. The Morgan fingerprint density at radius 2 is 1.51 bits per heavy atom. The van der Waals surface area contributed by atoms with Crippen LogP contribution in [0.4, 0.5) is 16.4 Å². The third-order valence-electron chi connectivity index (χ3n) is 8.21. The molecule has 0 atom stereocenters. The van der Waals surface area contributed by atoms with E-state index in [0.717, 1.165) is 47.7 Å². The first-order chi connectivity index (χ1) is 23.6. The predicted molar refractivity (Wildman–Crippen MR) is 189 cm³/mol. The smallest absolute Gasteiger partial charge is 0.265 e. The molecule has 2 aromatic rings. The molecule has 0 unspecified atom stereocenters. The quantitative estimate of drug-likeness (QED) is 0.0581. The van der Waals surface area contributed by atoms with E-state index in [1.165, 1.54) is 0 Å². The summed E-state index contributed by atoms with van der Waals surface area (Å²) in [7, 11) is -2.37. The molecule has 1 N–H and O–H groups in total. The molecule has 0 saturated carbocycles. The van der Waals surface area contributed by atoms with Gasteiger partial charge in [-0.3, -0.25) is 4.55 Å². The van der Waals surface area contributed by atoms with E-state index >= 15 is 0 Å². The van der Waals surface area contributed by atoms with Gasteiger partial charge in [0.15, 0.2) is 5.00 Å². The Hall–Kier alpha value is -3.19. The van der Waals surface area contributed by atoms with Crippen molar-refractivity contribution in [3.05, 3.63) is 34.2 Å². The fourth-order valence-electron chi connectivity index (χ4n) is 5.07. The lowest BCUT2D eigenvalue weighted by Crippen LogP contribution is -2.50. The van der Waals surface area contributed by atoms with Crippen LogP contribution in [0, 0.1) is 29.6 Å². The first-order valence-electron chi connectivity index (χ1n) is 16.5. The lowest BCUT2D eigenvalue weighted by Gasteiger charge is -2.36. The summed E-state index contributed by atoms with van der Waals surface area (Å²) in [6, 6.07) is 9.82. The van der Waals surface area contributed by atoms with Gasteiger partial charge in [-0.05, 0) is 45.4 Å². The van der Waals surface area contributed by atoms with E-state index in [1.807, 2.05) is 18.2 Å². The van der Waals surface area contributed by atoms with E-state index in [2.05, 4.69) is 48.0 Å². The Kier molecular flexibility index (Phi) is 19.3. The summed E-state index contributed by atoms with van der Waals surface area (Å²) in [6.07, 6.45) is 0.419. The molecule has 1 aromatic heterocycles. The standard InChI is InChI=1S/C33H50N6O8S2/c1-6-38(28-10-11-30(31(24-28)43-5)36-37-33-29(25-34)27(4)32(26-35)48-33)12-15-44-17-19-46-21-22-47-20-18-45-16-14-39(7-2,8-3)13-9-23-49(40,41)42/h10-11,24H,6-9,12-23H2,1-5H3/p+1. The molecular weight excluding hydrogens is 673 g/mol. The van der Waals surface area contributed by atoms with Crippen LogP contribution in [0.3, 0.4) is 0 Å². The zero-order valence-electron chi connectivity index (χ0n) is 29.4. The average molecular weight is 724 g/mol. The molecule has 1 aromatic carbocycles. The van der Waals surface area contributed by atoms with E-state index in [-0.39, 0.29) is 5.75 Å².